The number of amides is 2. The first-order valence-corrected chi connectivity index (χ1v) is 9.49. The standard InChI is InChI=1S/C18H32N2O9/c1-11(5-7-21)17(28)13(24)9-19-15(26)3-2-4-16(27)20-10-14(25)18(29)12(23)6-8-22/h11-12,14,17,21-23,25,28H,2-10H2,1H3,(H,19,26)(H,20,27)/t11-,12-,14+,17+/m1/s1. The topological polar surface area (TPSA) is 193 Å². The van der Waals surface area contributed by atoms with E-state index in [-0.39, 0.29) is 45.3 Å². The molecule has 11 heteroatoms. The summed E-state index contributed by atoms with van der Waals surface area (Å²) >= 11 is 0. The minimum Gasteiger partial charge on any atom is -0.396 e. The molecule has 4 atom stereocenters. The third-order valence-electron chi connectivity index (χ3n) is 4.27. The van der Waals surface area contributed by atoms with Crippen molar-refractivity contribution in [1.29, 1.82) is 0 Å². The summed E-state index contributed by atoms with van der Waals surface area (Å²) in [4.78, 5) is 46.6. The Morgan fingerprint density at radius 2 is 1.38 bits per heavy atom. The van der Waals surface area contributed by atoms with Gasteiger partial charge in [0, 0.05) is 32.5 Å². The van der Waals surface area contributed by atoms with Crippen LogP contribution in [0.15, 0.2) is 0 Å². The molecule has 0 heterocycles. The number of hydrogen-bond donors (Lipinski definition) is 7. The Balaban J connectivity index is 4.02. The van der Waals surface area contributed by atoms with E-state index in [2.05, 4.69) is 10.6 Å². The van der Waals surface area contributed by atoms with Crippen molar-refractivity contribution >= 4 is 23.4 Å². The maximum atomic E-state index is 11.7. The van der Waals surface area contributed by atoms with Gasteiger partial charge in [0.1, 0.15) is 18.3 Å². The second-order valence-electron chi connectivity index (χ2n) is 6.78. The zero-order chi connectivity index (χ0) is 22.4. The summed E-state index contributed by atoms with van der Waals surface area (Å²) in [5.41, 5.74) is 0. The summed E-state index contributed by atoms with van der Waals surface area (Å²) in [6.45, 7) is 0.281. The van der Waals surface area contributed by atoms with Gasteiger partial charge >= 0.3 is 0 Å². The molecule has 7 N–H and O–H groups in total. The van der Waals surface area contributed by atoms with Gasteiger partial charge in [-0.15, -0.1) is 0 Å². The Kier molecular flexibility index (Phi) is 14.0. The Morgan fingerprint density at radius 3 is 1.93 bits per heavy atom. The molecule has 0 spiro atoms. The van der Waals surface area contributed by atoms with Crippen molar-refractivity contribution in [3.63, 3.8) is 0 Å². The lowest BCUT2D eigenvalue weighted by atomic mass is 9.98. The van der Waals surface area contributed by atoms with E-state index in [1.807, 2.05) is 0 Å². The van der Waals surface area contributed by atoms with Gasteiger partial charge in [-0.1, -0.05) is 6.92 Å². The predicted octanol–water partition coefficient (Wildman–Crippen LogP) is -2.99. The van der Waals surface area contributed by atoms with E-state index in [1.54, 1.807) is 6.92 Å². The van der Waals surface area contributed by atoms with Gasteiger partial charge < -0.3 is 36.2 Å². The smallest absolute Gasteiger partial charge is 0.220 e. The molecule has 0 bridgehead atoms. The zero-order valence-corrected chi connectivity index (χ0v) is 16.5. The highest BCUT2D eigenvalue weighted by Gasteiger charge is 2.24. The van der Waals surface area contributed by atoms with E-state index in [9.17, 15) is 34.5 Å². The number of rotatable bonds is 16. The van der Waals surface area contributed by atoms with Crippen LogP contribution in [0.3, 0.4) is 0 Å². The number of Topliss-reactive ketones (excluding diaryl/α,β-unsaturated/α-hetero) is 2. The minimum atomic E-state index is -1.60. The SMILES string of the molecule is C[C@H](CCO)[C@H](O)C(=O)CNC(=O)CCCC(=O)NC[C@H](O)C(=O)[C@H](O)CCO. The highest BCUT2D eigenvalue weighted by molar-refractivity contribution is 5.89. The first-order valence-electron chi connectivity index (χ1n) is 9.49. The average Bonchev–Trinajstić information content (AvgIpc) is 2.69. The largest absolute Gasteiger partial charge is 0.396 e. The molecular formula is C18H32N2O9. The van der Waals surface area contributed by atoms with E-state index in [0.717, 1.165) is 0 Å². The molecule has 0 unspecified atom stereocenters. The molecule has 0 aliphatic rings. The highest BCUT2D eigenvalue weighted by Crippen LogP contribution is 2.08. The number of aliphatic hydroxyl groups excluding tert-OH is 5. The molecule has 0 aliphatic heterocycles. The third kappa shape index (κ3) is 11.6. The van der Waals surface area contributed by atoms with Gasteiger partial charge in [-0.2, -0.15) is 0 Å². The van der Waals surface area contributed by atoms with Crippen LogP contribution >= 0.6 is 0 Å². The number of hydrogen-bond acceptors (Lipinski definition) is 9. The Hall–Kier alpha value is -1.92. The summed E-state index contributed by atoms with van der Waals surface area (Å²) in [5.74, 6) is -2.89. The van der Waals surface area contributed by atoms with Crippen molar-refractivity contribution in [2.45, 2.75) is 57.3 Å². The van der Waals surface area contributed by atoms with Crippen LogP contribution in [0.1, 0.15) is 39.0 Å². The second kappa shape index (κ2) is 15.0. The number of nitrogens with one attached hydrogen (secondary N) is 2. The fourth-order valence-electron chi connectivity index (χ4n) is 2.35. The van der Waals surface area contributed by atoms with Crippen LogP contribution in [-0.2, 0) is 19.2 Å². The lowest BCUT2D eigenvalue weighted by Crippen LogP contribution is -2.41. The van der Waals surface area contributed by atoms with Crippen LogP contribution in [-0.4, -0.2) is 93.5 Å². The molecule has 0 fully saturated rings. The lowest BCUT2D eigenvalue weighted by Gasteiger charge is -2.16. The van der Waals surface area contributed by atoms with Crippen molar-refractivity contribution in [2.24, 2.45) is 5.92 Å². The van der Waals surface area contributed by atoms with Gasteiger partial charge in [0.2, 0.25) is 11.8 Å². The molecule has 0 saturated heterocycles. The van der Waals surface area contributed by atoms with E-state index in [4.69, 9.17) is 10.2 Å². The number of carbonyl (C=O) groups excluding carboxylic acids is 4. The second-order valence-corrected chi connectivity index (χ2v) is 6.78. The van der Waals surface area contributed by atoms with Crippen LogP contribution in [0, 0.1) is 5.92 Å². The van der Waals surface area contributed by atoms with Gasteiger partial charge in [-0.25, -0.2) is 0 Å². The van der Waals surface area contributed by atoms with Crippen molar-refractivity contribution in [2.75, 3.05) is 26.3 Å². The Bertz CT molecular complexity index is 541. The lowest BCUT2D eigenvalue weighted by molar-refractivity contribution is -0.136. The highest BCUT2D eigenvalue weighted by atomic mass is 16.3. The van der Waals surface area contributed by atoms with Crippen molar-refractivity contribution < 1.29 is 44.7 Å². The predicted molar refractivity (Wildman–Crippen MR) is 100 cm³/mol. The molecule has 0 saturated carbocycles. The van der Waals surface area contributed by atoms with Gasteiger partial charge in [0.25, 0.3) is 0 Å². The molecule has 168 valence electrons. The summed E-state index contributed by atoms with van der Waals surface area (Å²) in [7, 11) is 0. The average molecular weight is 420 g/mol. The van der Waals surface area contributed by atoms with Crippen LogP contribution in [0.2, 0.25) is 0 Å². The Labute approximate surface area is 169 Å². The molecular weight excluding hydrogens is 388 g/mol. The van der Waals surface area contributed by atoms with Gasteiger partial charge in [-0.05, 0) is 18.8 Å². The molecule has 0 aromatic heterocycles. The number of carbonyl (C=O) groups is 4. The molecule has 0 aromatic carbocycles. The maximum absolute atomic E-state index is 11.7. The summed E-state index contributed by atoms with van der Waals surface area (Å²) in [6, 6.07) is 0. The van der Waals surface area contributed by atoms with E-state index in [0.29, 0.717) is 0 Å². The fraction of sp³-hybridized carbons (Fsp3) is 0.778. The first kappa shape index (κ1) is 27.1. The van der Waals surface area contributed by atoms with E-state index >= 15 is 0 Å². The first-order chi connectivity index (χ1) is 13.6. The molecule has 0 radical (unpaired) electrons. The van der Waals surface area contributed by atoms with Crippen molar-refractivity contribution in [3.8, 4) is 0 Å². The van der Waals surface area contributed by atoms with Gasteiger partial charge in [-0.3, -0.25) is 19.2 Å². The van der Waals surface area contributed by atoms with Gasteiger partial charge in [0.15, 0.2) is 11.6 Å². The maximum Gasteiger partial charge on any atom is 0.220 e. The minimum absolute atomic E-state index is 0.0420. The molecule has 0 aromatic rings. The van der Waals surface area contributed by atoms with Crippen LogP contribution < -0.4 is 10.6 Å². The fourth-order valence-corrected chi connectivity index (χ4v) is 2.35. The van der Waals surface area contributed by atoms with Gasteiger partial charge in [0.05, 0.1) is 13.1 Å². The van der Waals surface area contributed by atoms with Crippen LogP contribution in [0.4, 0.5) is 0 Å². The van der Waals surface area contributed by atoms with Crippen molar-refractivity contribution in [3.05, 3.63) is 0 Å². The third-order valence-corrected chi connectivity index (χ3v) is 4.27. The number of aliphatic hydroxyl groups is 5. The quantitative estimate of drug-likeness (QED) is 0.136. The molecule has 0 aliphatic carbocycles. The van der Waals surface area contributed by atoms with Crippen LogP contribution in [0.5, 0.6) is 0 Å². The number of ketones is 2. The Morgan fingerprint density at radius 1 is 0.828 bits per heavy atom. The summed E-state index contributed by atoms with van der Waals surface area (Å²) < 4.78 is 0. The molecule has 0 rings (SSSR count). The normalized spacial score (nSPS) is 15.1. The zero-order valence-electron chi connectivity index (χ0n) is 16.5. The summed E-state index contributed by atoms with van der Waals surface area (Å²) in [5, 5.41) is 50.8. The van der Waals surface area contributed by atoms with Crippen molar-refractivity contribution in [1.82, 2.24) is 10.6 Å². The van der Waals surface area contributed by atoms with E-state index in [1.165, 1.54) is 0 Å². The molecule has 2 amide bonds. The monoisotopic (exact) mass is 420 g/mol. The summed E-state index contributed by atoms with van der Waals surface area (Å²) in [6.07, 6.45) is -4.28. The van der Waals surface area contributed by atoms with E-state index < -0.39 is 60.8 Å². The molecule has 11 nitrogen and oxygen atoms in total. The molecule has 29 heavy (non-hydrogen) atoms. The van der Waals surface area contributed by atoms with Crippen LogP contribution in [0.25, 0.3) is 0 Å².